The van der Waals surface area contributed by atoms with Crippen molar-refractivity contribution in [3.63, 3.8) is 0 Å². The zero-order chi connectivity index (χ0) is 10.1. The molecule has 2 unspecified atom stereocenters. The molecule has 1 aliphatic rings. The summed E-state index contributed by atoms with van der Waals surface area (Å²) in [7, 11) is 0. The van der Waals surface area contributed by atoms with E-state index in [1.807, 2.05) is 6.92 Å². The molecule has 0 aromatic heterocycles. The van der Waals surface area contributed by atoms with Gasteiger partial charge in [-0.15, -0.1) is 0 Å². The molecule has 70 valence electrons. The Kier molecular flexibility index (Phi) is 2.73. The SMILES string of the molecule is C=BC1C=C(Br)c2ccccc2C1C. The Morgan fingerprint density at radius 3 is 2.79 bits per heavy atom. The van der Waals surface area contributed by atoms with Crippen LogP contribution in [-0.2, 0) is 0 Å². The first-order valence-corrected chi connectivity index (χ1v) is 5.62. The maximum absolute atomic E-state index is 3.88. The normalized spacial score (nSPS) is 24.9. The Hall–Kier alpha value is -0.625. The van der Waals surface area contributed by atoms with E-state index in [0.29, 0.717) is 11.7 Å². The van der Waals surface area contributed by atoms with Gasteiger partial charge in [0.1, 0.15) is 0 Å². The van der Waals surface area contributed by atoms with Crippen molar-refractivity contribution in [2.45, 2.75) is 18.7 Å². The predicted octanol–water partition coefficient (Wildman–Crippen LogP) is 3.46. The first-order chi connectivity index (χ1) is 6.74. The summed E-state index contributed by atoms with van der Waals surface area (Å²) in [6, 6.07) is 8.53. The zero-order valence-corrected chi connectivity index (χ0v) is 9.79. The quantitative estimate of drug-likeness (QED) is 0.666. The minimum absolute atomic E-state index is 0.444. The van der Waals surface area contributed by atoms with E-state index >= 15 is 0 Å². The summed E-state index contributed by atoms with van der Waals surface area (Å²) < 4.78 is 1.19. The van der Waals surface area contributed by atoms with Gasteiger partial charge in [0, 0.05) is 0 Å². The van der Waals surface area contributed by atoms with E-state index in [9.17, 15) is 0 Å². The third-order valence-electron chi connectivity index (χ3n) is 2.90. The third-order valence-corrected chi connectivity index (χ3v) is 3.59. The first-order valence-electron chi connectivity index (χ1n) is 4.83. The Labute approximate surface area is 94.1 Å². The molecule has 14 heavy (non-hydrogen) atoms. The number of benzene rings is 1. The number of hydrogen-bond acceptors (Lipinski definition) is 0. The van der Waals surface area contributed by atoms with Crippen LogP contribution in [-0.4, -0.2) is 13.4 Å². The van der Waals surface area contributed by atoms with Crippen molar-refractivity contribution in [1.29, 1.82) is 0 Å². The molecule has 0 spiro atoms. The topological polar surface area (TPSA) is 0 Å². The standard InChI is InChI=1S/C12H12BBr/c1-8-9-5-3-4-6-10(9)12(14)7-11(8)13-2/h3-8,11H,2H2,1H3. The summed E-state index contributed by atoms with van der Waals surface area (Å²) in [6.45, 7) is 8.14. The monoisotopic (exact) mass is 246 g/mol. The molecular formula is C12H12BBr. The van der Waals surface area contributed by atoms with Crippen LogP contribution in [0, 0.1) is 0 Å². The number of allylic oxidation sites excluding steroid dienone is 1. The van der Waals surface area contributed by atoms with Gasteiger partial charge in [0.05, 0.1) is 0 Å². The van der Waals surface area contributed by atoms with E-state index in [4.69, 9.17) is 0 Å². The average molecular weight is 247 g/mol. The van der Waals surface area contributed by atoms with E-state index in [1.54, 1.807) is 0 Å². The maximum atomic E-state index is 3.88. The molecule has 0 fully saturated rings. The van der Waals surface area contributed by atoms with E-state index in [2.05, 4.69) is 59.7 Å². The molecule has 0 bridgehead atoms. The van der Waals surface area contributed by atoms with Crippen molar-refractivity contribution in [2.75, 3.05) is 0 Å². The summed E-state index contributed by atoms with van der Waals surface area (Å²) in [5.74, 6) is 0.976. The summed E-state index contributed by atoms with van der Waals surface area (Å²) in [6.07, 6.45) is 2.24. The van der Waals surface area contributed by atoms with Gasteiger partial charge in [-0.25, -0.2) is 0 Å². The van der Waals surface area contributed by atoms with Crippen molar-refractivity contribution in [3.05, 3.63) is 41.5 Å². The van der Waals surface area contributed by atoms with E-state index < -0.39 is 0 Å². The Morgan fingerprint density at radius 1 is 1.36 bits per heavy atom. The van der Waals surface area contributed by atoms with Crippen LogP contribution in [0.1, 0.15) is 24.0 Å². The van der Waals surface area contributed by atoms with Crippen molar-refractivity contribution in [1.82, 2.24) is 0 Å². The average Bonchev–Trinajstić information content (AvgIpc) is 2.23. The summed E-state index contributed by atoms with van der Waals surface area (Å²) in [5, 5.41) is 0. The molecule has 1 aromatic carbocycles. The van der Waals surface area contributed by atoms with Gasteiger partial charge >= 0.3 is 93.9 Å². The summed E-state index contributed by atoms with van der Waals surface area (Å²) >= 11 is 3.61. The van der Waals surface area contributed by atoms with Gasteiger partial charge in [-0.3, -0.25) is 0 Å². The molecule has 0 aliphatic heterocycles. The van der Waals surface area contributed by atoms with Crippen LogP contribution in [0.15, 0.2) is 30.3 Å². The second-order valence-electron chi connectivity index (χ2n) is 3.70. The van der Waals surface area contributed by atoms with Gasteiger partial charge in [0.15, 0.2) is 0 Å². The Balaban J connectivity index is 2.56. The predicted molar refractivity (Wildman–Crippen MR) is 68.4 cm³/mol. The van der Waals surface area contributed by atoms with Crippen LogP contribution >= 0.6 is 15.9 Å². The van der Waals surface area contributed by atoms with Crippen molar-refractivity contribution in [2.24, 2.45) is 0 Å². The van der Waals surface area contributed by atoms with Crippen molar-refractivity contribution >= 4 is 33.8 Å². The molecule has 0 nitrogen and oxygen atoms in total. The van der Waals surface area contributed by atoms with Gasteiger partial charge in [0.25, 0.3) is 0 Å². The van der Waals surface area contributed by atoms with Crippen LogP contribution in [0.3, 0.4) is 0 Å². The molecule has 0 amide bonds. The minimum atomic E-state index is 0.444. The molecule has 0 saturated heterocycles. The van der Waals surface area contributed by atoms with Gasteiger partial charge in [-0.05, 0) is 0 Å². The molecule has 0 saturated carbocycles. The molecule has 2 rings (SSSR count). The van der Waals surface area contributed by atoms with E-state index in [0.717, 1.165) is 0 Å². The zero-order valence-electron chi connectivity index (χ0n) is 8.20. The van der Waals surface area contributed by atoms with Crippen molar-refractivity contribution < 1.29 is 0 Å². The summed E-state index contributed by atoms with van der Waals surface area (Å²) in [5.41, 5.74) is 2.73. The number of halogens is 1. The van der Waals surface area contributed by atoms with Gasteiger partial charge in [0.2, 0.25) is 0 Å². The van der Waals surface area contributed by atoms with Crippen LogP contribution in [0.2, 0.25) is 5.82 Å². The van der Waals surface area contributed by atoms with Crippen LogP contribution in [0.5, 0.6) is 0 Å². The van der Waals surface area contributed by atoms with Crippen LogP contribution < -0.4 is 0 Å². The van der Waals surface area contributed by atoms with Crippen molar-refractivity contribution in [3.8, 4) is 0 Å². The number of hydrogen-bond donors (Lipinski definition) is 0. The fourth-order valence-corrected chi connectivity index (χ4v) is 2.66. The van der Waals surface area contributed by atoms with E-state index in [1.165, 1.54) is 15.6 Å². The molecule has 2 atom stereocenters. The molecule has 0 heterocycles. The fourth-order valence-electron chi connectivity index (χ4n) is 1.99. The molecule has 2 heteroatoms. The Bertz CT molecular complexity index is 395. The molecule has 0 radical (unpaired) electrons. The fraction of sp³-hybridized carbons (Fsp3) is 0.250. The second-order valence-corrected chi connectivity index (χ2v) is 4.56. The molecule has 1 aromatic rings. The summed E-state index contributed by atoms with van der Waals surface area (Å²) in [4.78, 5) is 0. The van der Waals surface area contributed by atoms with Gasteiger partial charge in [-0.2, -0.15) is 0 Å². The van der Waals surface area contributed by atoms with Crippen LogP contribution in [0.4, 0.5) is 0 Å². The second kappa shape index (κ2) is 3.86. The van der Waals surface area contributed by atoms with E-state index in [-0.39, 0.29) is 0 Å². The Morgan fingerprint density at radius 2 is 2.07 bits per heavy atom. The third kappa shape index (κ3) is 1.52. The number of fused-ring (bicyclic) bond motifs is 1. The number of rotatable bonds is 1. The first kappa shape index (κ1) is 9.91. The van der Waals surface area contributed by atoms with Crippen LogP contribution in [0.25, 0.3) is 4.48 Å². The molecule has 1 aliphatic carbocycles. The van der Waals surface area contributed by atoms with Gasteiger partial charge < -0.3 is 0 Å². The van der Waals surface area contributed by atoms with Gasteiger partial charge in [-0.1, -0.05) is 0 Å². The molecular weight excluding hydrogens is 235 g/mol. The molecule has 0 N–H and O–H groups in total.